The first-order valence-corrected chi connectivity index (χ1v) is 9.82. The van der Waals surface area contributed by atoms with E-state index in [0.717, 1.165) is 11.0 Å². The van der Waals surface area contributed by atoms with Gasteiger partial charge in [0, 0.05) is 5.56 Å². The number of nitrogens with one attached hydrogen (secondary N) is 1. The smallest absolute Gasteiger partial charge is 0.203 e. The lowest BCUT2D eigenvalue weighted by atomic mass is 10.1. The zero-order valence-electron chi connectivity index (χ0n) is 17.6. The van der Waals surface area contributed by atoms with Crippen LogP contribution in [0.2, 0.25) is 0 Å². The first kappa shape index (κ1) is 20.9. The second-order valence-corrected chi connectivity index (χ2v) is 6.91. The van der Waals surface area contributed by atoms with Gasteiger partial charge >= 0.3 is 0 Å². The van der Waals surface area contributed by atoms with Crippen LogP contribution in [0.4, 0.5) is 4.39 Å². The molecule has 1 aromatic heterocycles. The van der Waals surface area contributed by atoms with E-state index in [1.165, 1.54) is 20.3 Å². The third-order valence-corrected chi connectivity index (χ3v) is 4.89. The average molecular weight is 429 g/mol. The Kier molecular flexibility index (Phi) is 6.04. The van der Waals surface area contributed by atoms with Crippen LogP contribution in [0.5, 0.6) is 17.2 Å². The van der Waals surface area contributed by atoms with Crippen molar-refractivity contribution in [1.82, 2.24) is 9.97 Å². The van der Waals surface area contributed by atoms with Crippen LogP contribution in [-0.4, -0.2) is 24.2 Å². The first-order chi connectivity index (χ1) is 15.6. The van der Waals surface area contributed by atoms with E-state index in [0.29, 0.717) is 39.8 Å². The zero-order chi connectivity index (χ0) is 22.5. The van der Waals surface area contributed by atoms with Gasteiger partial charge in [0.2, 0.25) is 5.75 Å². The molecule has 4 aromatic rings. The molecule has 0 aliphatic rings. The van der Waals surface area contributed by atoms with Gasteiger partial charge in [0.25, 0.3) is 0 Å². The molecule has 0 fully saturated rings. The highest BCUT2D eigenvalue weighted by Gasteiger charge is 2.16. The number of nitrogens with zero attached hydrogens (tertiary/aromatic N) is 2. The lowest BCUT2D eigenvalue weighted by Gasteiger charge is -2.15. The van der Waals surface area contributed by atoms with Crippen LogP contribution in [0.25, 0.3) is 22.7 Å². The number of para-hydroxylation sites is 2. The zero-order valence-corrected chi connectivity index (χ0v) is 17.6. The summed E-state index contributed by atoms with van der Waals surface area (Å²) in [5, 5.41) is 9.71. The molecule has 1 N–H and O–H groups in total. The lowest BCUT2D eigenvalue weighted by molar-refractivity contribution is 0.262. The molecule has 3 aromatic carbocycles. The average Bonchev–Trinajstić information content (AvgIpc) is 3.26. The summed E-state index contributed by atoms with van der Waals surface area (Å²) in [6, 6.07) is 19.6. The Morgan fingerprint density at radius 3 is 2.41 bits per heavy atom. The molecule has 0 atom stereocenters. The number of nitriles is 1. The maximum atomic E-state index is 14.0. The molecular formula is C25H20FN3O3. The van der Waals surface area contributed by atoms with Crippen molar-refractivity contribution in [1.29, 1.82) is 5.26 Å². The van der Waals surface area contributed by atoms with Crippen molar-refractivity contribution in [2.75, 3.05) is 14.2 Å². The molecule has 0 unspecified atom stereocenters. The normalized spacial score (nSPS) is 11.2. The number of rotatable bonds is 7. The summed E-state index contributed by atoms with van der Waals surface area (Å²) < 4.78 is 30.7. The summed E-state index contributed by atoms with van der Waals surface area (Å²) in [7, 11) is 3.01. The molecule has 0 saturated carbocycles. The summed E-state index contributed by atoms with van der Waals surface area (Å²) in [5.74, 6) is 1.25. The van der Waals surface area contributed by atoms with E-state index in [-0.39, 0.29) is 12.4 Å². The van der Waals surface area contributed by atoms with Crippen LogP contribution in [0.1, 0.15) is 17.0 Å². The van der Waals surface area contributed by atoms with Crippen molar-refractivity contribution >= 4 is 22.7 Å². The largest absolute Gasteiger partial charge is 0.493 e. The number of H-pyrrole nitrogens is 1. The molecule has 0 bridgehead atoms. The van der Waals surface area contributed by atoms with Gasteiger partial charge in [-0.05, 0) is 42.0 Å². The fourth-order valence-electron chi connectivity index (χ4n) is 3.29. The Morgan fingerprint density at radius 2 is 1.75 bits per heavy atom. The molecule has 0 aliphatic carbocycles. The third kappa shape index (κ3) is 4.25. The van der Waals surface area contributed by atoms with Gasteiger partial charge in [-0.15, -0.1) is 0 Å². The number of halogens is 1. The maximum Gasteiger partial charge on any atom is 0.203 e. The highest BCUT2D eigenvalue weighted by Crippen LogP contribution is 2.40. The second kappa shape index (κ2) is 9.23. The van der Waals surface area contributed by atoms with Gasteiger partial charge in [-0.25, -0.2) is 9.37 Å². The van der Waals surface area contributed by atoms with Crippen LogP contribution in [0.3, 0.4) is 0 Å². The van der Waals surface area contributed by atoms with Crippen molar-refractivity contribution in [3.05, 3.63) is 83.4 Å². The molecular weight excluding hydrogens is 409 g/mol. The first-order valence-electron chi connectivity index (χ1n) is 9.82. The number of hydrogen-bond donors (Lipinski definition) is 1. The summed E-state index contributed by atoms with van der Waals surface area (Å²) in [6.07, 6.45) is 1.68. The number of allylic oxidation sites excluding steroid dienone is 1. The molecule has 0 spiro atoms. The van der Waals surface area contributed by atoms with Crippen molar-refractivity contribution < 1.29 is 18.6 Å². The molecule has 1 heterocycles. The molecule has 4 rings (SSSR count). The summed E-state index contributed by atoms with van der Waals surface area (Å²) >= 11 is 0. The number of imidazole rings is 1. The van der Waals surface area contributed by atoms with Gasteiger partial charge in [0.15, 0.2) is 11.5 Å². The standard InChI is InChI=1S/C25H20FN3O3/c1-30-22-12-16(11-18(14-27)25-28-20-9-5-6-10-21(20)29-25)13-23(31-2)24(22)32-15-17-7-3-4-8-19(17)26/h3-13H,15H2,1-2H3,(H,28,29). The van der Waals surface area contributed by atoms with E-state index in [9.17, 15) is 9.65 Å². The SMILES string of the molecule is COc1cc(C=C(C#N)c2nc3ccccc3[nH]2)cc(OC)c1OCc1ccccc1F. The van der Waals surface area contributed by atoms with E-state index >= 15 is 0 Å². The molecule has 0 amide bonds. The molecule has 160 valence electrons. The number of methoxy groups -OCH3 is 2. The number of aromatic nitrogens is 2. The fourth-order valence-corrected chi connectivity index (χ4v) is 3.29. The molecule has 0 aliphatic heterocycles. The molecule has 0 saturated heterocycles. The molecule has 32 heavy (non-hydrogen) atoms. The number of fused-ring (bicyclic) bond motifs is 1. The number of benzene rings is 3. The van der Waals surface area contributed by atoms with Gasteiger partial charge in [0.05, 0.1) is 30.8 Å². The van der Waals surface area contributed by atoms with E-state index in [4.69, 9.17) is 14.2 Å². The lowest BCUT2D eigenvalue weighted by Crippen LogP contribution is -2.02. The van der Waals surface area contributed by atoms with E-state index in [1.807, 2.05) is 24.3 Å². The molecule has 0 radical (unpaired) electrons. The van der Waals surface area contributed by atoms with Crippen molar-refractivity contribution in [2.45, 2.75) is 6.61 Å². The van der Waals surface area contributed by atoms with Crippen LogP contribution in [0.15, 0.2) is 60.7 Å². The second-order valence-electron chi connectivity index (χ2n) is 6.91. The minimum absolute atomic E-state index is 0.0109. The summed E-state index contributed by atoms with van der Waals surface area (Å²) in [4.78, 5) is 7.64. The number of hydrogen-bond acceptors (Lipinski definition) is 5. The van der Waals surface area contributed by atoms with Crippen LogP contribution >= 0.6 is 0 Å². The van der Waals surface area contributed by atoms with E-state index in [1.54, 1.807) is 36.4 Å². The van der Waals surface area contributed by atoms with E-state index in [2.05, 4.69) is 16.0 Å². The van der Waals surface area contributed by atoms with Crippen LogP contribution in [-0.2, 0) is 6.61 Å². The summed E-state index contributed by atoms with van der Waals surface area (Å²) in [6.45, 7) is 0.0109. The maximum absolute atomic E-state index is 14.0. The third-order valence-electron chi connectivity index (χ3n) is 4.89. The van der Waals surface area contributed by atoms with Gasteiger partial charge < -0.3 is 19.2 Å². The fraction of sp³-hybridized carbons (Fsp3) is 0.120. The van der Waals surface area contributed by atoms with Gasteiger partial charge in [-0.2, -0.15) is 5.26 Å². The van der Waals surface area contributed by atoms with Crippen molar-refractivity contribution in [3.63, 3.8) is 0 Å². The van der Waals surface area contributed by atoms with Gasteiger partial charge in [-0.3, -0.25) is 0 Å². The predicted octanol–water partition coefficient (Wildman–Crippen LogP) is 5.36. The number of ether oxygens (including phenoxy) is 3. The van der Waals surface area contributed by atoms with E-state index < -0.39 is 0 Å². The highest BCUT2D eigenvalue weighted by atomic mass is 19.1. The monoisotopic (exact) mass is 429 g/mol. The van der Waals surface area contributed by atoms with Crippen LogP contribution < -0.4 is 14.2 Å². The van der Waals surface area contributed by atoms with Crippen molar-refractivity contribution in [3.8, 4) is 23.3 Å². The Morgan fingerprint density at radius 1 is 1.06 bits per heavy atom. The Bertz CT molecular complexity index is 1280. The predicted molar refractivity (Wildman–Crippen MR) is 120 cm³/mol. The van der Waals surface area contributed by atoms with Gasteiger partial charge in [0.1, 0.15) is 24.3 Å². The minimum atomic E-state index is -0.352. The minimum Gasteiger partial charge on any atom is -0.493 e. The Labute approximate surface area is 184 Å². The topological polar surface area (TPSA) is 80.2 Å². The quantitative estimate of drug-likeness (QED) is 0.400. The van der Waals surface area contributed by atoms with Crippen LogP contribution in [0, 0.1) is 17.1 Å². The number of aromatic amines is 1. The highest BCUT2D eigenvalue weighted by molar-refractivity contribution is 5.90. The molecule has 7 heteroatoms. The van der Waals surface area contributed by atoms with Gasteiger partial charge in [-0.1, -0.05) is 30.3 Å². The Balaban J connectivity index is 1.68. The summed E-state index contributed by atoms with van der Waals surface area (Å²) in [5.41, 5.74) is 3.04. The molecule has 6 nitrogen and oxygen atoms in total. The Hall–Kier alpha value is -4.31. The van der Waals surface area contributed by atoms with Crippen molar-refractivity contribution in [2.24, 2.45) is 0 Å².